The summed E-state index contributed by atoms with van der Waals surface area (Å²) in [6.45, 7) is -0.339. The lowest BCUT2D eigenvalue weighted by Gasteiger charge is -2.05. The molecule has 23 heavy (non-hydrogen) atoms. The summed E-state index contributed by atoms with van der Waals surface area (Å²) in [6, 6.07) is 14.6. The van der Waals surface area contributed by atoms with Crippen LogP contribution < -0.4 is 0 Å². The number of sulfone groups is 1. The summed E-state index contributed by atoms with van der Waals surface area (Å²) in [5.74, 6) is -0.998. The van der Waals surface area contributed by atoms with Gasteiger partial charge in [0, 0.05) is 11.8 Å². The topological polar surface area (TPSA) is 77.5 Å². The van der Waals surface area contributed by atoms with Crippen molar-refractivity contribution in [2.75, 3.05) is 12.9 Å². The molecular weight excluding hydrogens is 316 g/mol. The van der Waals surface area contributed by atoms with Gasteiger partial charge in [0.15, 0.2) is 22.2 Å². The summed E-state index contributed by atoms with van der Waals surface area (Å²) < 4.78 is 27.4. The van der Waals surface area contributed by atoms with Crippen molar-refractivity contribution in [2.45, 2.75) is 5.75 Å². The largest absolute Gasteiger partial charge is 0.454 e. The van der Waals surface area contributed by atoms with Gasteiger partial charge in [-0.25, -0.2) is 13.2 Å². The van der Waals surface area contributed by atoms with Crippen molar-refractivity contribution in [3.8, 4) is 0 Å². The lowest BCUT2D eigenvalue weighted by molar-refractivity contribution is 0.0475. The Morgan fingerprint density at radius 3 is 2.09 bits per heavy atom. The van der Waals surface area contributed by atoms with Crippen molar-refractivity contribution in [3.05, 3.63) is 71.3 Å². The van der Waals surface area contributed by atoms with Gasteiger partial charge in [0.1, 0.15) is 0 Å². The van der Waals surface area contributed by atoms with Crippen LogP contribution in [-0.2, 0) is 20.3 Å². The van der Waals surface area contributed by atoms with Crippen LogP contribution >= 0.6 is 0 Å². The van der Waals surface area contributed by atoms with E-state index in [1.54, 1.807) is 42.5 Å². The maximum absolute atomic E-state index is 11.9. The first-order valence-corrected chi connectivity index (χ1v) is 8.93. The molecule has 0 amide bonds. The summed E-state index contributed by atoms with van der Waals surface area (Å²) in [7, 11) is -3.12. The molecule has 0 aliphatic heterocycles. The first-order chi connectivity index (χ1) is 10.8. The quantitative estimate of drug-likeness (QED) is 0.599. The van der Waals surface area contributed by atoms with E-state index in [1.165, 1.54) is 12.1 Å². The van der Waals surface area contributed by atoms with E-state index in [0.29, 0.717) is 11.1 Å². The van der Waals surface area contributed by atoms with Gasteiger partial charge in [0.2, 0.25) is 0 Å². The number of hydrogen-bond donors (Lipinski definition) is 0. The van der Waals surface area contributed by atoms with Crippen molar-refractivity contribution < 1.29 is 22.7 Å². The molecule has 2 rings (SSSR count). The zero-order chi connectivity index (χ0) is 16.9. The van der Waals surface area contributed by atoms with Crippen molar-refractivity contribution >= 4 is 21.6 Å². The Balaban J connectivity index is 1.95. The normalized spacial score (nSPS) is 11.0. The van der Waals surface area contributed by atoms with Gasteiger partial charge in [0.05, 0.1) is 11.3 Å². The Labute approximate surface area is 134 Å². The highest BCUT2D eigenvalue weighted by Gasteiger charge is 2.12. The van der Waals surface area contributed by atoms with Gasteiger partial charge in [-0.2, -0.15) is 0 Å². The number of benzene rings is 2. The van der Waals surface area contributed by atoms with Crippen molar-refractivity contribution in [3.63, 3.8) is 0 Å². The van der Waals surface area contributed by atoms with Crippen LogP contribution in [0.2, 0.25) is 0 Å². The van der Waals surface area contributed by atoms with Crippen LogP contribution in [0.5, 0.6) is 0 Å². The SMILES string of the molecule is CS(=O)(=O)Cc1ccc(C(=O)OCC(=O)c2ccccc2)cc1. The van der Waals surface area contributed by atoms with E-state index in [2.05, 4.69) is 0 Å². The minimum atomic E-state index is -3.12. The fourth-order valence-electron chi connectivity index (χ4n) is 1.96. The third-order valence-corrected chi connectivity index (χ3v) is 3.91. The van der Waals surface area contributed by atoms with Crippen LogP contribution in [0.4, 0.5) is 0 Å². The van der Waals surface area contributed by atoms with Gasteiger partial charge >= 0.3 is 5.97 Å². The van der Waals surface area contributed by atoms with Crippen LogP contribution in [0.3, 0.4) is 0 Å². The second kappa shape index (κ2) is 7.19. The summed E-state index contributed by atoms with van der Waals surface area (Å²) in [5.41, 5.74) is 1.33. The number of rotatable bonds is 6. The van der Waals surface area contributed by atoms with E-state index < -0.39 is 15.8 Å². The standard InChI is InChI=1S/C17H16O5S/c1-23(20,21)12-13-7-9-15(10-8-13)17(19)22-11-16(18)14-5-3-2-4-6-14/h2-10H,11-12H2,1H3. The van der Waals surface area contributed by atoms with E-state index in [4.69, 9.17) is 4.74 Å². The molecule has 0 aliphatic rings. The number of hydrogen-bond acceptors (Lipinski definition) is 5. The van der Waals surface area contributed by atoms with E-state index in [0.717, 1.165) is 6.26 Å². The Bertz CT molecular complexity index is 793. The molecule has 0 N–H and O–H groups in total. The molecule has 6 heteroatoms. The monoisotopic (exact) mass is 332 g/mol. The highest BCUT2D eigenvalue weighted by molar-refractivity contribution is 7.89. The molecule has 0 fully saturated rings. The number of carbonyl (C=O) groups excluding carboxylic acids is 2. The molecule has 120 valence electrons. The van der Waals surface area contributed by atoms with Crippen LogP contribution in [0.15, 0.2) is 54.6 Å². The molecule has 0 atom stereocenters. The third-order valence-electron chi connectivity index (χ3n) is 3.05. The van der Waals surface area contributed by atoms with E-state index in [-0.39, 0.29) is 23.7 Å². The first-order valence-electron chi connectivity index (χ1n) is 6.87. The number of Topliss-reactive ketones (excluding diaryl/α,β-unsaturated/α-hetero) is 1. The van der Waals surface area contributed by atoms with Crippen LogP contribution in [0.1, 0.15) is 26.3 Å². The molecule has 0 saturated carbocycles. The zero-order valence-electron chi connectivity index (χ0n) is 12.6. The maximum Gasteiger partial charge on any atom is 0.338 e. The molecule has 0 radical (unpaired) electrons. The number of carbonyl (C=O) groups is 2. The van der Waals surface area contributed by atoms with Crippen LogP contribution in [-0.4, -0.2) is 33.0 Å². The predicted octanol–water partition coefficient (Wildman–Crippen LogP) is 2.27. The molecule has 2 aromatic rings. The summed E-state index contributed by atoms with van der Waals surface area (Å²) in [4.78, 5) is 23.7. The maximum atomic E-state index is 11.9. The lowest BCUT2D eigenvalue weighted by Crippen LogP contribution is -2.14. The molecule has 0 unspecified atom stereocenters. The first kappa shape index (κ1) is 16.9. The molecular formula is C17H16O5S. The van der Waals surface area contributed by atoms with E-state index in [9.17, 15) is 18.0 Å². The summed E-state index contributed by atoms with van der Waals surface area (Å²) in [6.07, 6.45) is 1.14. The average molecular weight is 332 g/mol. The molecule has 2 aromatic carbocycles. The Morgan fingerprint density at radius 2 is 1.52 bits per heavy atom. The molecule has 0 heterocycles. The predicted molar refractivity (Wildman–Crippen MR) is 86.0 cm³/mol. The van der Waals surface area contributed by atoms with Gasteiger partial charge in [0.25, 0.3) is 0 Å². The van der Waals surface area contributed by atoms with E-state index >= 15 is 0 Å². The van der Waals surface area contributed by atoms with Gasteiger partial charge in [-0.15, -0.1) is 0 Å². The van der Waals surface area contributed by atoms with Crippen LogP contribution in [0, 0.1) is 0 Å². The second-order valence-electron chi connectivity index (χ2n) is 5.13. The van der Waals surface area contributed by atoms with Gasteiger partial charge in [-0.1, -0.05) is 42.5 Å². The highest BCUT2D eigenvalue weighted by atomic mass is 32.2. The second-order valence-corrected chi connectivity index (χ2v) is 7.27. The van der Waals surface area contributed by atoms with Crippen molar-refractivity contribution in [2.24, 2.45) is 0 Å². The van der Waals surface area contributed by atoms with Gasteiger partial charge in [-0.3, -0.25) is 4.79 Å². The summed E-state index contributed by atoms with van der Waals surface area (Å²) >= 11 is 0. The minimum absolute atomic E-state index is 0.0885. The number of esters is 1. The highest BCUT2D eigenvalue weighted by Crippen LogP contribution is 2.09. The van der Waals surface area contributed by atoms with Crippen molar-refractivity contribution in [1.82, 2.24) is 0 Å². The Kier molecular flexibility index (Phi) is 5.28. The molecule has 5 nitrogen and oxygen atoms in total. The molecule has 0 aliphatic carbocycles. The number of ketones is 1. The number of ether oxygens (including phenoxy) is 1. The lowest BCUT2D eigenvalue weighted by atomic mass is 10.1. The Morgan fingerprint density at radius 1 is 0.913 bits per heavy atom. The molecule has 0 saturated heterocycles. The Hall–Kier alpha value is -2.47. The van der Waals surface area contributed by atoms with E-state index in [1.807, 2.05) is 0 Å². The third kappa shape index (κ3) is 5.34. The zero-order valence-corrected chi connectivity index (χ0v) is 13.4. The van der Waals surface area contributed by atoms with Crippen molar-refractivity contribution in [1.29, 1.82) is 0 Å². The molecule has 0 aromatic heterocycles. The van der Waals surface area contributed by atoms with Gasteiger partial charge < -0.3 is 4.74 Å². The minimum Gasteiger partial charge on any atom is -0.454 e. The average Bonchev–Trinajstić information content (AvgIpc) is 2.52. The molecule has 0 spiro atoms. The van der Waals surface area contributed by atoms with Crippen LogP contribution in [0.25, 0.3) is 0 Å². The smallest absolute Gasteiger partial charge is 0.338 e. The summed E-state index contributed by atoms with van der Waals surface area (Å²) in [5, 5.41) is 0. The fourth-order valence-corrected chi connectivity index (χ4v) is 2.76. The molecule has 0 bridgehead atoms. The van der Waals surface area contributed by atoms with Gasteiger partial charge in [-0.05, 0) is 17.7 Å². The fraction of sp³-hybridized carbons (Fsp3) is 0.176.